The van der Waals surface area contributed by atoms with Crippen LogP contribution in [0.4, 0.5) is 5.69 Å². The number of rotatable bonds is 1. The third-order valence-electron chi connectivity index (χ3n) is 1.79. The number of ether oxygens (including phenoxy) is 1. The van der Waals surface area contributed by atoms with Crippen molar-refractivity contribution in [3.63, 3.8) is 0 Å². The molecule has 0 radical (unpaired) electrons. The fourth-order valence-electron chi connectivity index (χ4n) is 0.962. The molecule has 1 heterocycles. The van der Waals surface area contributed by atoms with E-state index in [0.717, 1.165) is 5.56 Å². The van der Waals surface area contributed by atoms with Crippen LogP contribution in [0.15, 0.2) is 24.3 Å². The van der Waals surface area contributed by atoms with Crippen molar-refractivity contribution in [2.45, 2.75) is 6.10 Å². The van der Waals surface area contributed by atoms with Gasteiger partial charge in [0, 0.05) is 17.7 Å². The molecule has 4 heteroatoms. The molecule has 1 aliphatic rings. The molecule has 2 rings (SSSR count). The Morgan fingerprint density at radius 2 is 2.07 bits per heavy atom. The molecule has 0 amide bonds. The van der Waals surface area contributed by atoms with Crippen molar-refractivity contribution in [3.05, 3.63) is 39.9 Å². The fourth-order valence-corrected chi connectivity index (χ4v) is 0.962. The van der Waals surface area contributed by atoms with E-state index in [1.807, 2.05) is 0 Å². The number of nitrogens with zero attached hydrogens (tertiary/aromatic N) is 1. The largest absolute Gasteiger partial charge is 0.359 e. The van der Waals surface area contributed by atoms with Crippen molar-refractivity contribution in [2.24, 2.45) is 0 Å². The number of nitro groups is 1. The summed E-state index contributed by atoms with van der Waals surface area (Å²) in [6.45, 7) is 0.694. The summed E-state index contributed by atoms with van der Waals surface area (Å²) in [6, 6.07) is 6.15. The summed E-state index contributed by atoms with van der Waals surface area (Å²) in [5.74, 6) is 5.75. The van der Waals surface area contributed by atoms with E-state index in [0.29, 0.717) is 6.61 Å². The quantitative estimate of drug-likeness (QED) is 0.290. The number of non-ortho nitro benzene ring substituents is 1. The maximum Gasteiger partial charge on any atom is 0.269 e. The van der Waals surface area contributed by atoms with Gasteiger partial charge in [0.15, 0.2) is 0 Å². The van der Waals surface area contributed by atoms with Crippen LogP contribution in [0.3, 0.4) is 0 Å². The first-order chi connectivity index (χ1) is 6.75. The number of hydrogen-bond donors (Lipinski definition) is 0. The van der Waals surface area contributed by atoms with Crippen LogP contribution in [0.2, 0.25) is 0 Å². The van der Waals surface area contributed by atoms with Crippen LogP contribution in [-0.4, -0.2) is 17.6 Å². The molecule has 14 heavy (non-hydrogen) atoms. The van der Waals surface area contributed by atoms with E-state index in [1.165, 1.54) is 12.1 Å². The molecular formula is C10H7NO3. The molecule has 1 atom stereocenters. The smallest absolute Gasteiger partial charge is 0.269 e. The van der Waals surface area contributed by atoms with Crippen LogP contribution >= 0.6 is 0 Å². The summed E-state index contributed by atoms with van der Waals surface area (Å²) in [7, 11) is 0. The molecule has 1 aliphatic heterocycles. The normalized spacial score (nSPS) is 18.1. The Bertz CT molecular complexity index is 409. The molecule has 70 valence electrons. The van der Waals surface area contributed by atoms with E-state index < -0.39 is 4.92 Å². The summed E-state index contributed by atoms with van der Waals surface area (Å²) < 4.78 is 4.91. The Morgan fingerprint density at radius 3 is 2.57 bits per heavy atom. The van der Waals surface area contributed by atoms with Crippen molar-refractivity contribution in [1.29, 1.82) is 0 Å². The summed E-state index contributed by atoms with van der Waals surface area (Å²) in [6.07, 6.45) is 0.0604. The maximum atomic E-state index is 10.3. The lowest BCUT2D eigenvalue weighted by Gasteiger charge is -1.90. The Hall–Kier alpha value is -1.86. The van der Waals surface area contributed by atoms with Gasteiger partial charge in [0.1, 0.15) is 6.10 Å². The lowest BCUT2D eigenvalue weighted by Crippen LogP contribution is -1.87. The molecule has 0 spiro atoms. The molecule has 1 unspecified atom stereocenters. The molecule has 1 fully saturated rings. The molecular weight excluding hydrogens is 182 g/mol. The third-order valence-corrected chi connectivity index (χ3v) is 1.79. The SMILES string of the molecule is O=[N+]([O-])c1ccc(C#CC2CO2)cc1. The standard InChI is InChI=1S/C10H7NO3/c12-11(13)9-4-1-8(2-5-9)3-6-10-7-14-10/h1-2,4-5,10H,7H2. The van der Waals surface area contributed by atoms with Gasteiger partial charge in [0.05, 0.1) is 11.5 Å². The molecule has 0 bridgehead atoms. The van der Waals surface area contributed by atoms with Crippen molar-refractivity contribution in [1.82, 2.24) is 0 Å². The highest BCUT2D eigenvalue weighted by atomic mass is 16.6. The first kappa shape index (κ1) is 8.73. The molecule has 1 saturated heterocycles. The molecule has 1 aromatic carbocycles. The summed E-state index contributed by atoms with van der Waals surface area (Å²) in [5, 5.41) is 10.3. The Kier molecular flexibility index (Phi) is 2.17. The summed E-state index contributed by atoms with van der Waals surface area (Å²) in [4.78, 5) is 9.91. The van der Waals surface area contributed by atoms with Gasteiger partial charge in [-0.2, -0.15) is 0 Å². The number of hydrogen-bond acceptors (Lipinski definition) is 3. The van der Waals surface area contributed by atoms with Gasteiger partial charge < -0.3 is 4.74 Å². The van der Waals surface area contributed by atoms with Crippen LogP contribution in [0.1, 0.15) is 5.56 Å². The molecule has 4 nitrogen and oxygen atoms in total. The molecule has 0 N–H and O–H groups in total. The average Bonchev–Trinajstić information content (AvgIpc) is 2.99. The van der Waals surface area contributed by atoms with Gasteiger partial charge in [-0.1, -0.05) is 11.8 Å². The van der Waals surface area contributed by atoms with Gasteiger partial charge in [0.2, 0.25) is 0 Å². The Morgan fingerprint density at radius 1 is 1.43 bits per heavy atom. The second kappa shape index (κ2) is 3.48. The van der Waals surface area contributed by atoms with Crippen LogP contribution < -0.4 is 0 Å². The lowest BCUT2D eigenvalue weighted by atomic mass is 10.2. The third kappa shape index (κ3) is 2.09. The van der Waals surface area contributed by atoms with E-state index in [2.05, 4.69) is 11.8 Å². The first-order valence-corrected chi connectivity index (χ1v) is 4.13. The van der Waals surface area contributed by atoms with E-state index in [9.17, 15) is 10.1 Å². The predicted octanol–water partition coefficient (Wildman–Crippen LogP) is 1.35. The molecule has 0 aromatic heterocycles. The second-order valence-electron chi connectivity index (χ2n) is 2.90. The van der Waals surface area contributed by atoms with Crippen molar-refractivity contribution in [3.8, 4) is 11.8 Å². The van der Waals surface area contributed by atoms with E-state index >= 15 is 0 Å². The highest BCUT2D eigenvalue weighted by Gasteiger charge is 2.18. The fraction of sp³-hybridized carbons (Fsp3) is 0.200. The zero-order valence-corrected chi connectivity index (χ0v) is 7.27. The molecule has 0 aliphatic carbocycles. The first-order valence-electron chi connectivity index (χ1n) is 4.13. The molecule has 1 aromatic rings. The van der Waals surface area contributed by atoms with Gasteiger partial charge >= 0.3 is 0 Å². The predicted molar refractivity (Wildman–Crippen MR) is 49.7 cm³/mol. The number of epoxide rings is 1. The number of benzene rings is 1. The highest BCUT2D eigenvalue weighted by Crippen LogP contribution is 2.12. The van der Waals surface area contributed by atoms with Gasteiger partial charge in [0.25, 0.3) is 5.69 Å². The minimum Gasteiger partial charge on any atom is -0.359 e. The van der Waals surface area contributed by atoms with E-state index in [1.54, 1.807) is 12.1 Å². The van der Waals surface area contributed by atoms with Crippen molar-refractivity contribution < 1.29 is 9.66 Å². The summed E-state index contributed by atoms with van der Waals surface area (Å²) in [5.41, 5.74) is 0.851. The summed E-state index contributed by atoms with van der Waals surface area (Å²) >= 11 is 0. The minimum atomic E-state index is -0.429. The van der Waals surface area contributed by atoms with E-state index in [-0.39, 0.29) is 11.8 Å². The van der Waals surface area contributed by atoms with Crippen LogP contribution in [0.25, 0.3) is 0 Å². The number of nitro benzene ring substituents is 1. The van der Waals surface area contributed by atoms with Gasteiger partial charge in [-0.3, -0.25) is 10.1 Å². The van der Waals surface area contributed by atoms with Crippen LogP contribution in [0, 0.1) is 22.0 Å². The van der Waals surface area contributed by atoms with Gasteiger partial charge in [-0.25, -0.2) is 0 Å². The zero-order valence-electron chi connectivity index (χ0n) is 7.27. The van der Waals surface area contributed by atoms with Crippen LogP contribution in [0.5, 0.6) is 0 Å². The molecule has 0 saturated carbocycles. The van der Waals surface area contributed by atoms with Crippen LogP contribution in [-0.2, 0) is 4.74 Å². The Balaban J connectivity index is 2.14. The lowest BCUT2D eigenvalue weighted by molar-refractivity contribution is -0.384. The van der Waals surface area contributed by atoms with Crippen molar-refractivity contribution in [2.75, 3.05) is 6.61 Å². The average molecular weight is 189 g/mol. The second-order valence-corrected chi connectivity index (χ2v) is 2.90. The maximum absolute atomic E-state index is 10.3. The Labute approximate surface area is 80.7 Å². The minimum absolute atomic E-state index is 0.0604. The van der Waals surface area contributed by atoms with E-state index in [4.69, 9.17) is 4.74 Å². The van der Waals surface area contributed by atoms with Crippen molar-refractivity contribution >= 4 is 5.69 Å². The van der Waals surface area contributed by atoms with Gasteiger partial charge in [-0.05, 0) is 12.1 Å². The topological polar surface area (TPSA) is 55.7 Å². The highest BCUT2D eigenvalue weighted by molar-refractivity contribution is 5.41. The zero-order chi connectivity index (χ0) is 9.97. The monoisotopic (exact) mass is 189 g/mol. The van der Waals surface area contributed by atoms with Gasteiger partial charge in [-0.15, -0.1) is 0 Å².